The largest absolute Gasteiger partial charge is 0.0617 e. The molecule has 8 aromatic rings. The summed E-state index contributed by atoms with van der Waals surface area (Å²) in [6.45, 7) is 13.0. The molecule has 0 amide bonds. The van der Waals surface area contributed by atoms with Gasteiger partial charge in [-0.1, -0.05) is 193 Å². The van der Waals surface area contributed by atoms with Crippen LogP contribution in [-0.4, -0.2) is 0 Å². The van der Waals surface area contributed by atoms with Gasteiger partial charge in [-0.05, 0) is 169 Å². The van der Waals surface area contributed by atoms with Crippen molar-refractivity contribution in [3.63, 3.8) is 0 Å². The van der Waals surface area contributed by atoms with Crippen LogP contribution in [0.5, 0.6) is 0 Å². The SMILES string of the molecule is Cc1ccc(Cc2ccc(Cc3ccc(Cc4ccc(C)c(C)c4)cc3)cc2)cc1.Cc1cccc(Cc2ccc(Cc3ccc(Cc4ccc(C)c(C)c4)cc3)cc2)c1. The number of hydrogen-bond acceptors (Lipinski definition) is 0. The fourth-order valence-corrected chi connectivity index (χ4v) is 7.87. The van der Waals surface area contributed by atoms with Crippen LogP contribution in [0.2, 0.25) is 0 Å². The first-order valence-electron chi connectivity index (χ1n) is 21.6. The lowest BCUT2D eigenvalue weighted by molar-refractivity contribution is 1.13. The molecule has 0 nitrogen and oxygen atoms in total. The van der Waals surface area contributed by atoms with E-state index in [0.717, 1.165) is 38.5 Å². The predicted octanol–water partition coefficient (Wildman–Crippen LogP) is 14.8. The first-order chi connectivity index (χ1) is 29.1. The summed E-state index contributed by atoms with van der Waals surface area (Å²) in [5.41, 5.74) is 24.6. The van der Waals surface area contributed by atoms with E-state index in [-0.39, 0.29) is 0 Å². The van der Waals surface area contributed by atoms with Crippen LogP contribution in [-0.2, 0) is 38.5 Å². The molecule has 0 bridgehead atoms. The number of hydrogen-bond donors (Lipinski definition) is 0. The monoisotopic (exact) mass is 780 g/mol. The fourth-order valence-electron chi connectivity index (χ4n) is 7.87. The van der Waals surface area contributed by atoms with Gasteiger partial charge in [-0.2, -0.15) is 0 Å². The summed E-state index contributed by atoms with van der Waals surface area (Å²) in [5, 5.41) is 0. The van der Waals surface area contributed by atoms with E-state index in [4.69, 9.17) is 0 Å². The van der Waals surface area contributed by atoms with Crippen LogP contribution in [0.15, 0.2) is 182 Å². The molecule has 0 aliphatic heterocycles. The highest BCUT2D eigenvalue weighted by Gasteiger charge is 2.05. The summed E-state index contributed by atoms with van der Waals surface area (Å²) in [5.74, 6) is 0. The molecule has 0 radical (unpaired) electrons. The summed E-state index contributed by atoms with van der Waals surface area (Å²) in [7, 11) is 0. The number of rotatable bonds is 12. The van der Waals surface area contributed by atoms with Gasteiger partial charge in [0.15, 0.2) is 0 Å². The highest BCUT2D eigenvalue weighted by Crippen LogP contribution is 2.20. The molecule has 0 aliphatic carbocycles. The third-order valence-corrected chi connectivity index (χ3v) is 11.9. The van der Waals surface area contributed by atoms with Gasteiger partial charge in [-0.25, -0.2) is 0 Å². The van der Waals surface area contributed by atoms with E-state index in [2.05, 4.69) is 224 Å². The van der Waals surface area contributed by atoms with Crippen molar-refractivity contribution in [3.8, 4) is 0 Å². The minimum absolute atomic E-state index is 0.981. The van der Waals surface area contributed by atoms with Gasteiger partial charge in [0.1, 0.15) is 0 Å². The maximum atomic E-state index is 2.31. The highest BCUT2D eigenvalue weighted by molar-refractivity contribution is 5.39. The summed E-state index contributed by atoms with van der Waals surface area (Å²) < 4.78 is 0. The second-order valence-electron chi connectivity index (χ2n) is 17.1. The molecular formula is C60H60. The van der Waals surface area contributed by atoms with Gasteiger partial charge in [0.25, 0.3) is 0 Å². The molecule has 300 valence electrons. The molecule has 0 aromatic heterocycles. The molecule has 8 aromatic carbocycles. The Bertz CT molecular complexity index is 2590. The van der Waals surface area contributed by atoms with Crippen molar-refractivity contribution in [3.05, 3.63) is 282 Å². The lowest BCUT2D eigenvalue weighted by atomic mass is 9.97. The molecular weight excluding hydrogens is 721 g/mol. The molecule has 0 aliphatic rings. The second kappa shape index (κ2) is 20.1. The van der Waals surface area contributed by atoms with E-state index in [1.54, 1.807) is 0 Å². The lowest BCUT2D eigenvalue weighted by Gasteiger charge is -2.08. The summed E-state index contributed by atoms with van der Waals surface area (Å²) >= 11 is 0. The quantitative estimate of drug-likeness (QED) is 0.116. The van der Waals surface area contributed by atoms with E-state index in [1.165, 1.54) is 100 Å². The van der Waals surface area contributed by atoms with Crippen LogP contribution >= 0.6 is 0 Å². The van der Waals surface area contributed by atoms with Crippen molar-refractivity contribution >= 4 is 0 Å². The van der Waals surface area contributed by atoms with Crippen molar-refractivity contribution in [2.75, 3.05) is 0 Å². The summed E-state index contributed by atoms with van der Waals surface area (Å²) in [6, 6.07) is 67.5. The van der Waals surface area contributed by atoms with Gasteiger partial charge in [0, 0.05) is 0 Å². The lowest BCUT2D eigenvalue weighted by Crippen LogP contribution is -1.93. The molecule has 0 spiro atoms. The van der Waals surface area contributed by atoms with E-state index in [9.17, 15) is 0 Å². The van der Waals surface area contributed by atoms with Crippen LogP contribution in [0.25, 0.3) is 0 Å². The van der Waals surface area contributed by atoms with Crippen molar-refractivity contribution in [2.24, 2.45) is 0 Å². The molecule has 0 unspecified atom stereocenters. The zero-order chi connectivity index (χ0) is 41.8. The number of aryl methyl sites for hydroxylation is 6. The molecule has 8 rings (SSSR count). The smallest absolute Gasteiger partial charge is 0.00257 e. The van der Waals surface area contributed by atoms with Crippen molar-refractivity contribution in [1.29, 1.82) is 0 Å². The van der Waals surface area contributed by atoms with E-state index >= 15 is 0 Å². The van der Waals surface area contributed by atoms with Gasteiger partial charge < -0.3 is 0 Å². The summed E-state index contributed by atoms with van der Waals surface area (Å²) in [6.07, 6.45) is 5.94. The third kappa shape index (κ3) is 12.4. The Kier molecular flexibility index (Phi) is 14.1. The minimum Gasteiger partial charge on any atom is -0.0617 e. The molecule has 0 saturated carbocycles. The Balaban J connectivity index is 0.000000181. The first kappa shape index (κ1) is 41.9. The van der Waals surface area contributed by atoms with Crippen molar-refractivity contribution in [1.82, 2.24) is 0 Å². The van der Waals surface area contributed by atoms with Crippen LogP contribution in [0.1, 0.15) is 100 Å². The fraction of sp³-hybridized carbons (Fsp3) is 0.200. The normalized spacial score (nSPS) is 10.9. The van der Waals surface area contributed by atoms with Crippen molar-refractivity contribution < 1.29 is 0 Å². The van der Waals surface area contributed by atoms with E-state index in [0.29, 0.717) is 0 Å². The molecule has 0 N–H and O–H groups in total. The molecule has 0 heterocycles. The topological polar surface area (TPSA) is 0 Å². The molecule has 0 fully saturated rings. The second-order valence-corrected chi connectivity index (χ2v) is 17.1. The minimum atomic E-state index is 0.981. The van der Waals surface area contributed by atoms with E-state index in [1.807, 2.05) is 0 Å². The van der Waals surface area contributed by atoms with Gasteiger partial charge in [0.2, 0.25) is 0 Å². The Morgan fingerprint density at radius 2 is 0.450 bits per heavy atom. The third-order valence-electron chi connectivity index (χ3n) is 11.9. The predicted molar refractivity (Wildman–Crippen MR) is 257 cm³/mol. The van der Waals surface area contributed by atoms with Gasteiger partial charge in [-0.3, -0.25) is 0 Å². The molecule has 0 atom stereocenters. The van der Waals surface area contributed by atoms with Gasteiger partial charge in [-0.15, -0.1) is 0 Å². The van der Waals surface area contributed by atoms with E-state index < -0.39 is 0 Å². The maximum Gasteiger partial charge on any atom is -0.00257 e. The first-order valence-corrected chi connectivity index (χ1v) is 21.6. The van der Waals surface area contributed by atoms with Crippen LogP contribution < -0.4 is 0 Å². The van der Waals surface area contributed by atoms with Gasteiger partial charge >= 0.3 is 0 Å². The molecule has 0 saturated heterocycles. The van der Waals surface area contributed by atoms with Crippen LogP contribution in [0.4, 0.5) is 0 Å². The number of benzene rings is 8. The Morgan fingerprint density at radius 1 is 0.200 bits per heavy atom. The zero-order valence-electron chi connectivity index (χ0n) is 36.6. The van der Waals surface area contributed by atoms with Crippen LogP contribution in [0.3, 0.4) is 0 Å². The van der Waals surface area contributed by atoms with Crippen molar-refractivity contribution in [2.45, 2.75) is 80.1 Å². The Morgan fingerprint density at radius 3 is 0.733 bits per heavy atom. The average Bonchev–Trinajstić information content (AvgIpc) is 3.25. The Hall–Kier alpha value is -6.24. The zero-order valence-corrected chi connectivity index (χ0v) is 36.6. The molecule has 60 heavy (non-hydrogen) atoms. The highest BCUT2D eigenvalue weighted by atomic mass is 14.1. The Labute approximate surface area is 360 Å². The average molecular weight is 781 g/mol. The van der Waals surface area contributed by atoms with Crippen LogP contribution in [0, 0.1) is 41.5 Å². The molecule has 0 heteroatoms. The summed E-state index contributed by atoms with van der Waals surface area (Å²) in [4.78, 5) is 0. The standard InChI is InChI=1S/2C30H30/c1-22-4-7-25(8-5-22)19-26-10-12-27(13-11-26)20-28-14-16-29(17-15-28)21-30-9-6-23(2)24(3)18-30;1-22-5-4-6-29(17-22)20-27-13-9-25(10-14-27)19-26-11-15-28(16-12-26)21-30-8-7-23(2)24(3)18-30/h2*4-18H,19-21H2,1-3H3. The maximum absolute atomic E-state index is 2.31. The van der Waals surface area contributed by atoms with Gasteiger partial charge in [0.05, 0.1) is 0 Å².